The normalized spacial score (nSPS) is 14.4. The summed E-state index contributed by atoms with van der Waals surface area (Å²) >= 11 is 0. The van der Waals surface area contributed by atoms with Crippen LogP contribution in [0.2, 0.25) is 0 Å². The van der Waals surface area contributed by atoms with E-state index in [0.717, 1.165) is 41.8 Å². The molecule has 23 heavy (non-hydrogen) atoms. The van der Waals surface area contributed by atoms with Crippen LogP contribution in [0.1, 0.15) is 12.0 Å². The molecule has 120 valence electrons. The number of rotatable bonds is 4. The fourth-order valence-electron chi connectivity index (χ4n) is 2.81. The lowest BCUT2D eigenvalue weighted by atomic mass is 9.92. The van der Waals surface area contributed by atoms with E-state index in [2.05, 4.69) is 16.5 Å². The molecule has 3 rings (SSSR count). The zero-order valence-electron chi connectivity index (χ0n) is 13.1. The first-order valence-electron chi connectivity index (χ1n) is 7.35. The van der Waals surface area contributed by atoms with E-state index in [1.54, 1.807) is 23.0 Å². The Hall–Kier alpha value is -2.67. The molecule has 0 atom stereocenters. The first kappa shape index (κ1) is 15.2. The van der Waals surface area contributed by atoms with Crippen LogP contribution >= 0.6 is 0 Å². The molecule has 1 N–H and O–H groups in total. The predicted molar refractivity (Wildman–Crippen MR) is 87.3 cm³/mol. The number of nitrogens with one attached hydrogen (secondary N) is 1. The van der Waals surface area contributed by atoms with Gasteiger partial charge in [0.05, 0.1) is 18.2 Å². The Bertz CT molecular complexity index is 780. The molecule has 7 heteroatoms. The van der Waals surface area contributed by atoms with Crippen molar-refractivity contribution in [2.45, 2.75) is 6.42 Å². The Balaban J connectivity index is 2.22. The monoisotopic (exact) mass is 314 g/mol. The summed E-state index contributed by atoms with van der Waals surface area (Å²) in [6.45, 7) is 1.68. The number of methoxy groups -OCH3 is 1. The summed E-state index contributed by atoms with van der Waals surface area (Å²) in [5.74, 6) is 0.275. The molecule has 1 aromatic carbocycles. The highest BCUT2D eigenvalue weighted by molar-refractivity contribution is 5.84. The Morgan fingerprint density at radius 2 is 2.22 bits per heavy atom. The van der Waals surface area contributed by atoms with Crippen molar-refractivity contribution >= 4 is 11.3 Å². The highest BCUT2D eigenvalue weighted by Crippen LogP contribution is 2.39. The van der Waals surface area contributed by atoms with E-state index >= 15 is 0 Å². The first-order chi connectivity index (χ1) is 11.1. The number of nitro benzene ring substituents is 1. The standard InChI is InChI=1S/C16H18N4O3/c1-19-10-12(9-18-19)13-7-15(20(21)22)16(23-2)8-14(13)11-3-5-17-6-4-11/h3,7-10,17H,4-6H2,1-2H3. The van der Waals surface area contributed by atoms with Gasteiger partial charge < -0.3 is 10.1 Å². The van der Waals surface area contributed by atoms with Crippen molar-refractivity contribution < 1.29 is 9.66 Å². The van der Waals surface area contributed by atoms with Crippen molar-refractivity contribution in [2.75, 3.05) is 20.2 Å². The molecule has 1 aliphatic rings. The molecular weight excluding hydrogens is 296 g/mol. The quantitative estimate of drug-likeness (QED) is 0.692. The van der Waals surface area contributed by atoms with Crippen molar-refractivity contribution in [3.8, 4) is 16.9 Å². The topological polar surface area (TPSA) is 82.2 Å². The number of nitrogens with zero attached hydrogens (tertiary/aromatic N) is 3. The number of aryl methyl sites for hydroxylation is 1. The van der Waals surface area contributed by atoms with Crippen LogP contribution in [-0.4, -0.2) is 34.9 Å². The number of benzene rings is 1. The first-order valence-corrected chi connectivity index (χ1v) is 7.35. The highest BCUT2D eigenvalue weighted by Gasteiger charge is 2.22. The van der Waals surface area contributed by atoms with Gasteiger partial charge in [-0.3, -0.25) is 14.8 Å². The van der Waals surface area contributed by atoms with Gasteiger partial charge in [0.1, 0.15) is 0 Å². The summed E-state index contributed by atoms with van der Waals surface area (Å²) in [5, 5.41) is 18.8. The minimum absolute atomic E-state index is 0.0374. The Labute approximate surface area is 133 Å². The maximum atomic E-state index is 11.3. The number of aromatic nitrogens is 2. The Morgan fingerprint density at radius 3 is 2.78 bits per heavy atom. The van der Waals surface area contributed by atoms with Crippen LogP contribution in [-0.2, 0) is 7.05 Å². The summed E-state index contributed by atoms with van der Waals surface area (Å²) in [7, 11) is 3.28. The zero-order chi connectivity index (χ0) is 16.4. The third-order valence-corrected chi connectivity index (χ3v) is 3.94. The van der Waals surface area contributed by atoms with Crippen molar-refractivity contribution in [1.82, 2.24) is 15.1 Å². The van der Waals surface area contributed by atoms with Gasteiger partial charge in [0.2, 0.25) is 0 Å². The van der Waals surface area contributed by atoms with Gasteiger partial charge >= 0.3 is 5.69 Å². The number of ether oxygens (including phenoxy) is 1. The van der Waals surface area contributed by atoms with E-state index in [1.807, 2.05) is 13.2 Å². The molecule has 0 saturated carbocycles. The van der Waals surface area contributed by atoms with E-state index in [-0.39, 0.29) is 11.4 Å². The van der Waals surface area contributed by atoms with Gasteiger partial charge in [0, 0.05) is 31.4 Å². The van der Waals surface area contributed by atoms with E-state index in [0.29, 0.717) is 0 Å². The second kappa shape index (κ2) is 6.21. The minimum Gasteiger partial charge on any atom is -0.490 e. The van der Waals surface area contributed by atoms with Gasteiger partial charge in [-0.05, 0) is 35.7 Å². The van der Waals surface area contributed by atoms with Crippen molar-refractivity contribution in [3.63, 3.8) is 0 Å². The van der Waals surface area contributed by atoms with Crippen LogP contribution < -0.4 is 10.1 Å². The summed E-state index contributed by atoms with van der Waals surface area (Å²) in [6, 6.07) is 3.34. The Kier molecular flexibility index (Phi) is 4.12. The zero-order valence-corrected chi connectivity index (χ0v) is 13.1. The lowest BCUT2D eigenvalue weighted by Gasteiger charge is -2.18. The predicted octanol–water partition coefficient (Wildman–Crippen LogP) is 2.38. The fourth-order valence-corrected chi connectivity index (χ4v) is 2.81. The summed E-state index contributed by atoms with van der Waals surface area (Å²) in [6.07, 6.45) is 6.56. The van der Waals surface area contributed by atoms with Gasteiger partial charge in [0.25, 0.3) is 0 Å². The molecular formula is C16H18N4O3. The van der Waals surface area contributed by atoms with Crippen LogP contribution in [0.25, 0.3) is 16.7 Å². The molecule has 0 aliphatic carbocycles. The molecule has 2 aromatic rings. The van der Waals surface area contributed by atoms with E-state index in [9.17, 15) is 10.1 Å². The van der Waals surface area contributed by atoms with Crippen LogP contribution in [0.4, 0.5) is 5.69 Å². The van der Waals surface area contributed by atoms with Crippen LogP contribution in [0.15, 0.2) is 30.6 Å². The molecule has 1 aliphatic heterocycles. The lowest BCUT2D eigenvalue weighted by Crippen LogP contribution is -2.20. The van der Waals surface area contributed by atoms with Crippen molar-refractivity contribution in [2.24, 2.45) is 7.05 Å². The van der Waals surface area contributed by atoms with Crippen LogP contribution in [0.3, 0.4) is 0 Å². The van der Waals surface area contributed by atoms with E-state index in [1.165, 1.54) is 7.11 Å². The molecule has 0 amide bonds. The third kappa shape index (κ3) is 2.95. The third-order valence-electron chi connectivity index (χ3n) is 3.94. The molecule has 0 bridgehead atoms. The van der Waals surface area contributed by atoms with Crippen molar-refractivity contribution in [3.05, 3.63) is 46.3 Å². The van der Waals surface area contributed by atoms with Crippen LogP contribution in [0, 0.1) is 10.1 Å². The molecule has 0 saturated heterocycles. The average Bonchev–Trinajstić information content (AvgIpc) is 3.00. The number of hydrogen-bond acceptors (Lipinski definition) is 5. The van der Waals surface area contributed by atoms with E-state index < -0.39 is 4.92 Å². The number of nitro groups is 1. The summed E-state index contributed by atoms with van der Waals surface area (Å²) in [4.78, 5) is 10.9. The highest BCUT2D eigenvalue weighted by atomic mass is 16.6. The smallest absolute Gasteiger partial charge is 0.311 e. The molecule has 0 unspecified atom stereocenters. The maximum Gasteiger partial charge on any atom is 0.311 e. The summed E-state index contributed by atoms with van der Waals surface area (Å²) < 4.78 is 6.92. The summed E-state index contributed by atoms with van der Waals surface area (Å²) in [5.41, 5.74) is 3.74. The fraction of sp³-hybridized carbons (Fsp3) is 0.312. The second-order valence-corrected chi connectivity index (χ2v) is 5.41. The van der Waals surface area contributed by atoms with Gasteiger partial charge in [-0.15, -0.1) is 0 Å². The van der Waals surface area contributed by atoms with Gasteiger partial charge in [-0.25, -0.2) is 0 Å². The molecule has 1 aromatic heterocycles. The molecule has 2 heterocycles. The largest absolute Gasteiger partial charge is 0.490 e. The lowest BCUT2D eigenvalue weighted by molar-refractivity contribution is -0.385. The molecule has 7 nitrogen and oxygen atoms in total. The van der Waals surface area contributed by atoms with Crippen LogP contribution in [0.5, 0.6) is 5.75 Å². The number of hydrogen-bond donors (Lipinski definition) is 1. The maximum absolute atomic E-state index is 11.3. The molecule has 0 radical (unpaired) electrons. The Morgan fingerprint density at radius 1 is 1.39 bits per heavy atom. The second-order valence-electron chi connectivity index (χ2n) is 5.41. The van der Waals surface area contributed by atoms with Gasteiger partial charge in [-0.2, -0.15) is 5.10 Å². The van der Waals surface area contributed by atoms with E-state index in [4.69, 9.17) is 4.74 Å². The molecule has 0 fully saturated rings. The average molecular weight is 314 g/mol. The minimum atomic E-state index is -0.417. The SMILES string of the molecule is COc1cc(C2=CCNCC2)c(-c2cnn(C)c2)cc1[N+](=O)[O-]. The van der Waals surface area contributed by atoms with Gasteiger partial charge in [-0.1, -0.05) is 6.08 Å². The van der Waals surface area contributed by atoms with Crippen molar-refractivity contribution in [1.29, 1.82) is 0 Å². The van der Waals surface area contributed by atoms with Gasteiger partial charge in [0.15, 0.2) is 5.75 Å². The molecule has 0 spiro atoms.